The van der Waals surface area contributed by atoms with E-state index in [9.17, 15) is 21.9 Å². The molecule has 1 aliphatic rings. The van der Waals surface area contributed by atoms with Crippen LogP contribution in [0.4, 0.5) is 0 Å². The van der Waals surface area contributed by atoms with E-state index in [0.717, 1.165) is 0 Å². The van der Waals surface area contributed by atoms with Crippen molar-refractivity contribution < 1.29 is 88.3 Å². The Labute approximate surface area is 641 Å². The first-order valence-corrected chi connectivity index (χ1v) is 28.0. The summed E-state index contributed by atoms with van der Waals surface area (Å²) < 4.78 is 522. The van der Waals surface area contributed by atoms with Crippen molar-refractivity contribution in [2.45, 2.75) is 19.1 Å². The van der Waals surface area contributed by atoms with Gasteiger partial charge in [-0.25, -0.2) is 29.9 Å². The third-order valence-corrected chi connectivity index (χ3v) is 14.8. The number of hydrogen-bond donors (Lipinski definition) is 0. The van der Waals surface area contributed by atoms with E-state index in [4.69, 9.17) is 66.4 Å². The quantitative estimate of drug-likeness (QED) is 0.141. The summed E-state index contributed by atoms with van der Waals surface area (Å²) in [5.41, 5.74) is -19.6. The Morgan fingerprint density at radius 1 is 0.247 bits per heavy atom. The zero-order chi connectivity index (χ0) is 115. The molecule has 8 nitrogen and oxygen atoms in total. The molecule has 0 unspecified atom stereocenters. The molecule has 0 saturated heterocycles. The van der Waals surface area contributed by atoms with E-state index in [1.165, 1.54) is 0 Å². The number of benzene rings is 14. The van der Waals surface area contributed by atoms with Gasteiger partial charge in [0, 0.05) is 68.6 Å². The average molecular weight is 1300 g/mol. The van der Waals surface area contributed by atoms with Crippen molar-refractivity contribution in [1.29, 1.82) is 0 Å². The lowest BCUT2D eigenvalue weighted by Gasteiger charge is -2.21. The second kappa shape index (κ2) is 23.4. The van der Waals surface area contributed by atoms with Crippen LogP contribution in [0.25, 0.3) is 178 Å². The first-order chi connectivity index (χ1) is 72.0. The van der Waals surface area contributed by atoms with Crippen LogP contribution in [0.2, 0.25) is 0 Å². The van der Waals surface area contributed by atoms with Crippen molar-refractivity contribution in [2.75, 3.05) is 0 Å². The van der Waals surface area contributed by atoms with Gasteiger partial charge in [0.25, 0.3) is 0 Å². The Morgan fingerprint density at radius 3 is 1.02 bits per heavy atom. The molecule has 0 N–H and O–H groups in total. The van der Waals surface area contributed by atoms with Gasteiger partial charge in [-0.2, -0.15) is 0 Å². The fraction of sp³-hybridized carbons (Fsp3) is 0.0337. The topological polar surface area (TPSA) is 104 Å². The fourth-order valence-electron chi connectivity index (χ4n) is 10.5. The number of hydrogen-bond acceptors (Lipinski definition) is 8. The molecule has 0 saturated carbocycles. The standard InChI is InChI=1S/C46H31N3O.C43H27N3O/c1-46(2)37-17-9-8-15-35(37)36-25-23-32(27-38(36)46)45-48-43(30-12-4-3-5-13-30)47-44(49-45)31-21-19-29(20-22-31)34-16-10-18-39-41(34)42-33-14-7-6-11-28(33)24-26-40(42)50-39;1-3-11-32(12-4-1)41-44-42(33-13-5-2-6-14-33)46-43(45-41)34-24-20-29(21-25-34)28-18-22-31(23-19-28)36-16-9-17-37-39(36)40-35-15-8-7-10-30(35)26-27-38(40)47-37/h3-27H,1-2H3;1-27H/i1D3,2D3,3D,4D,5D,6D,7D,8D,9D,10D,11D,12D,13D,14D,15D,16D,17D,18D,19D,20D,21D,22D,23D,24D,25D,26D,27D;1D,2D,3D,4D,5D,6D,7D,8D,9D,10D,11D,12D,13D,14D,15D,16D,17D,18D,19D,20D,21D,22D,23D,24D,25D,26D,27D. The van der Waals surface area contributed by atoms with Crippen molar-refractivity contribution >= 4 is 65.4 Å². The van der Waals surface area contributed by atoms with Crippen LogP contribution >= 0.6 is 0 Å². The molecule has 0 amide bonds. The lowest BCUT2D eigenvalue weighted by molar-refractivity contribution is 0.660. The van der Waals surface area contributed by atoms with Crippen molar-refractivity contribution in [2.24, 2.45) is 0 Å². The first-order valence-electron chi connectivity index (χ1n) is 57.0. The molecule has 8 heteroatoms. The molecular weight excluding hydrogens is 1190 g/mol. The van der Waals surface area contributed by atoms with Gasteiger partial charge >= 0.3 is 0 Å². The van der Waals surface area contributed by atoms with Crippen LogP contribution in [0.3, 0.4) is 0 Å². The normalized spacial score (nSPS) is 21.0. The maximum Gasteiger partial charge on any atom is 0.164 e. The Balaban J connectivity index is 0.000000202. The second-order valence-electron chi connectivity index (χ2n) is 20.4. The van der Waals surface area contributed by atoms with Crippen LogP contribution < -0.4 is 0 Å². The average Bonchev–Trinajstić information content (AvgIpc) is 1.49. The van der Waals surface area contributed by atoms with Gasteiger partial charge in [-0.3, -0.25) is 0 Å². The predicted octanol–water partition coefficient (Wildman–Crippen LogP) is 23.2. The highest BCUT2D eigenvalue weighted by Gasteiger charge is 2.35. The van der Waals surface area contributed by atoms with Crippen LogP contribution in [-0.2, 0) is 5.41 Å². The van der Waals surface area contributed by atoms with Crippen molar-refractivity contribution in [3.05, 3.63) is 325 Å². The summed E-state index contributed by atoms with van der Waals surface area (Å²) in [6.45, 7) is -7.75. The Hall–Kier alpha value is -12.8. The summed E-state index contributed by atoms with van der Waals surface area (Å²) in [7, 11) is 0. The van der Waals surface area contributed by atoms with Crippen LogP contribution in [0.15, 0.2) is 323 Å². The first kappa shape index (κ1) is 23.0. The van der Waals surface area contributed by atoms with E-state index in [2.05, 4.69) is 29.9 Å². The van der Waals surface area contributed by atoms with Gasteiger partial charge < -0.3 is 8.83 Å². The SMILES string of the molecule is [2H]c1c([2H])c([2H])c(-c2nc(-c3c([2H])c([2H])c(-c4c([2H])c([2H])c([2H])c5oc6c([2H])c([2H])c7c([2H])c([2H])c([2H])c([2H])c7c6c45)c([2H])c3[2H])nc(-c3c([2H])c([2H])c4c(c3[2H])C(C([2H])([2H])[2H])(C([2H])([2H])[2H])c3c([2H])c([2H])c([2H])c([2H])c3-4)n2)c([2H])c1[2H].[2H]c1c([2H])c([2H])c(-c2nc(-c3c([2H])c([2H])c([2H])c([2H])c3[2H])nc(-c3c([2H])c([2H])c(-c4c([2H])c([2H])c(-c5c([2H])c([2H])c([2H])c6oc7c([2H])c([2H])c8c([2H])c([2H])c([2H])c([2H])c8c7c56)c([2H])c4[2H])c([2H])c3[2H])n2)c([2H])c1[2H]. The largest absolute Gasteiger partial charge is 0.456 e. The van der Waals surface area contributed by atoms with Crippen molar-refractivity contribution in [3.63, 3.8) is 0 Å². The predicted molar refractivity (Wildman–Crippen MR) is 396 cm³/mol. The van der Waals surface area contributed by atoms with E-state index in [1.807, 2.05) is 0 Å². The molecular formula is C89H58N6O2. The van der Waals surface area contributed by atoms with Crippen molar-refractivity contribution in [3.8, 4) is 113 Å². The molecule has 19 rings (SSSR count). The van der Waals surface area contributed by atoms with Crippen LogP contribution in [0.1, 0.15) is 104 Å². The van der Waals surface area contributed by atoms with Gasteiger partial charge in [0.15, 0.2) is 34.9 Å². The molecule has 456 valence electrons. The zero-order valence-electron chi connectivity index (χ0n) is 106. The van der Waals surface area contributed by atoms with E-state index >= 15 is 0 Å². The monoisotopic (exact) mass is 1300 g/mol. The smallest absolute Gasteiger partial charge is 0.164 e. The number of furan rings is 2. The maximum absolute atomic E-state index is 9.70. The highest BCUT2D eigenvalue weighted by Crippen LogP contribution is 2.50. The minimum Gasteiger partial charge on any atom is -0.456 e. The molecule has 18 aromatic rings. The molecule has 0 bridgehead atoms. The van der Waals surface area contributed by atoms with E-state index in [-0.39, 0.29) is 5.39 Å². The number of nitrogens with zero attached hydrogens (tertiary/aromatic N) is 6. The number of rotatable bonds is 9. The third-order valence-electron chi connectivity index (χ3n) is 14.8. The van der Waals surface area contributed by atoms with Crippen LogP contribution in [0, 0.1) is 0 Å². The third kappa shape index (κ3) is 10.1. The molecule has 4 heterocycles. The molecule has 14 aromatic carbocycles. The van der Waals surface area contributed by atoms with Gasteiger partial charge in [0.2, 0.25) is 0 Å². The molecule has 0 fully saturated rings. The molecule has 0 atom stereocenters. The van der Waals surface area contributed by atoms with Gasteiger partial charge in [-0.05, 0) is 107 Å². The lowest BCUT2D eigenvalue weighted by atomic mass is 9.82. The van der Waals surface area contributed by atoms with Crippen LogP contribution in [-0.4, -0.2) is 29.9 Å². The summed E-state index contributed by atoms with van der Waals surface area (Å²) in [6.07, 6.45) is 0. The highest BCUT2D eigenvalue weighted by molar-refractivity contribution is 6.24. The second-order valence-corrected chi connectivity index (χ2v) is 20.4. The van der Waals surface area contributed by atoms with E-state index in [0.29, 0.717) is 0 Å². The van der Waals surface area contributed by atoms with Gasteiger partial charge in [-0.15, -0.1) is 0 Å². The summed E-state index contributed by atoms with van der Waals surface area (Å²) in [4.78, 5) is 25.2. The Kier molecular flexibility index (Phi) is 5.54. The summed E-state index contributed by atoms with van der Waals surface area (Å²) in [5, 5.41) is -3.63. The van der Waals surface area contributed by atoms with E-state index < -0.39 is 517 Å². The fourth-order valence-corrected chi connectivity index (χ4v) is 10.5. The molecule has 0 spiro atoms. The maximum atomic E-state index is 9.70. The number of aromatic nitrogens is 6. The van der Waals surface area contributed by atoms with Gasteiger partial charge in [-0.1, -0.05) is 298 Å². The minimum atomic E-state index is -3.88. The lowest BCUT2D eigenvalue weighted by Crippen LogP contribution is -2.15. The summed E-state index contributed by atoms with van der Waals surface area (Å²) in [6, 6.07) is -48.7. The van der Waals surface area contributed by atoms with E-state index in [1.54, 1.807) is 0 Å². The Bertz CT molecular complexity index is 9370. The highest BCUT2D eigenvalue weighted by atomic mass is 16.3. The number of fused-ring (bicyclic) bond motifs is 13. The van der Waals surface area contributed by atoms with Crippen molar-refractivity contribution in [1.82, 2.24) is 29.9 Å². The Morgan fingerprint density at radius 2 is 0.577 bits per heavy atom. The zero-order valence-corrected chi connectivity index (χ0v) is 48.0. The van der Waals surface area contributed by atoms with Gasteiger partial charge in [0.1, 0.15) is 22.3 Å². The summed E-state index contributed by atoms with van der Waals surface area (Å²) in [5.74, 6) is -5.54. The molecule has 1 aliphatic carbocycles. The molecule has 0 aliphatic heterocycles. The molecule has 0 radical (unpaired) electrons. The summed E-state index contributed by atoms with van der Waals surface area (Å²) >= 11 is 0. The minimum absolute atomic E-state index is 0.376. The molecule has 97 heavy (non-hydrogen) atoms. The van der Waals surface area contributed by atoms with Gasteiger partial charge in [0.05, 0.1) is 71.3 Å². The van der Waals surface area contributed by atoms with Crippen LogP contribution in [0.5, 0.6) is 0 Å². The molecule has 4 aromatic heterocycles.